The second-order valence-electron chi connectivity index (χ2n) is 9.37. The molecule has 0 bridgehead atoms. The van der Waals surface area contributed by atoms with Crippen LogP contribution >= 0.6 is 22.9 Å². The Morgan fingerprint density at radius 1 is 1.17 bits per heavy atom. The van der Waals surface area contributed by atoms with E-state index < -0.39 is 11.7 Å². The number of carbonyl (C=O) groups excluding carboxylic acids is 3. The van der Waals surface area contributed by atoms with Crippen LogP contribution in [-0.4, -0.2) is 53.2 Å². The third-order valence-electron chi connectivity index (χ3n) is 5.40. The third-order valence-corrected chi connectivity index (χ3v) is 6.60. The maximum absolute atomic E-state index is 13.3. The number of nitrogens with zero attached hydrogens (tertiary/aromatic N) is 3. The molecule has 11 heteroatoms. The van der Waals surface area contributed by atoms with Crippen molar-refractivity contribution in [1.29, 1.82) is 0 Å². The van der Waals surface area contributed by atoms with Crippen molar-refractivity contribution in [3.8, 4) is 0 Å². The molecule has 36 heavy (non-hydrogen) atoms. The maximum atomic E-state index is 13.3. The van der Waals surface area contributed by atoms with E-state index in [0.717, 1.165) is 11.1 Å². The minimum Gasteiger partial charge on any atom is -0.444 e. The van der Waals surface area contributed by atoms with Crippen molar-refractivity contribution in [3.05, 3.63) is 47.5 Å². The quantitative estimate of drug-likeness (QED) is 0.410. The molecular formula is C25H28ClN5O4S. The molecule has 1 saturated heterocycles. The molecule has 1 aliphatic heterocycles. The van der Waals surface area contributed by atoms with E-state index in [2.05, 4.69) is 15.6 Å². The Balaban J connectivity index is 1.55. The lowest BCUT2D eigenvalue weighted by Crippen LogP contribution is -2.41. The number of rotatable bonds is 6. The van der Waals surface area contributed by atoms with Gasteiger partial charge in [0.25, 0.3) is 0 Å². The number of anilines is 3. The summed E-state index contributed by atoms with van der Waals surface area (Å²) in [6.07, 6.45) is 0.782. The fraction of sp³-hybridized carbons (Fsp3) is 0.360. The average molecular weight is 530 g/mol. The standard InChI is InChI=1S/C25H28ClN5O4S/c1-25(2,3)35-24(34)29-22-28-19-15-18(10-11-20(19)36-22)31(14-13-30-12-4-5-21(30)32)23(33)27-17-8-6-16(26)7-9-17/h6-11,15H,4-5,12-14H2,1-3H3,(H,27,33)(H,28,29,34). The predicted octanol–water partition coefficient (Wildman–Crippen LogP) is 5.96. The average Bonchev–Trinajstić information content (AvgIpc) is 3.38. The van der Waals surface area contributed by atoms with E-state index >= 15 is 0 Å². The molecule has 1 fully saturated rings. The number of hydrogen-bond donors (Lipinski definition) is 2. The molecule has 0 aliphatic carbocycles. The maximum Gasteiger partial charge on any atom is 0.413 e. The second kappa shape index (κ2) is 10.7. The number of thiazole rings is 1. The Morgan fingerprint density at radius 2 is 1.92 bits per heavy atom. The molecule has 3 aromatic rings. The van der Waals surface area contributed by atoms with Gasteiger partial charge in [0.05, 0.1) is 10.2 Å². The Kier molecular flexibility index (Phi) is 7.65. The number of hydrogen-bond acceptors (Lipinski definition) is 6. The molecule has 0 spiro atoms. The zero-order valence-corrected chi connectivity index (χ0v) is 21.9. The summed E-state index contributed by atoms with van der Waals surface area (Å²) >= 11 is 7.27. The van der Waals surface area contributed by atoms with Crippen LogP contribution in [0.2, 0.25) is 5.02 Å². The van der Waals surface area contributed by atoms with Crippen molar-refractivity contribution in [2.24, 2.45) is 0 Å². The van der Waals surface area contributed by atoms with Crippen LogP contribution in [0.5, 0.6) is 0 Å². The Hall–Kier alpha value is -3.37. The van der Waals surface area contributed by atoms with Gasteiger partial charge in [0, 0.05) is 42.5 Å². The molecule has 2 heterocycles. The summed E-state index contributed by atoms with van der Waals surface area (Å²) in [5.74, 6) is 0.0980. The topological polar surface area (TPSA) is 104 Å². The monoisotopic (exact) mass is 529 g/mol. The number of ether oxygens (including phenoxy) is 1. The summed E-state index contributed by atoms with van der Waals surface area (Å²) < 4.78 is 6.14. The van der Waals surface area contributed by atoms with Crippen molar-refractivity contribution in [1.82, 2.24) is 9.88 Å². The highest BCUT2D eigenvalue weighted by Gasteiger charge is 2.24. The van der Waals surface area contributed by atoms with Gasteiger partial charge in [-0.3, -0.25) is 15.0 Å². The summed E-state index contributed by atoms with van der Waals surface area (Å²) in [5.41, 5.74) is 1.23. The van der Waals surface area contributed by atoms with Gasteiger partial charge in [-0.2, -0.15) is 0 Å². The van der Waals surface area contributed by atoms with Gasteiger partial charge in [-0.25, -0.2) is 14.6 Å². The molecule has 0 unspecified atom stereocenters. The van der Waals surface area contributed by atoms with Gasteiger partial charge >= 0.3 is 12.1 Å². The zero-order valence-electron chi connectivity index (χ0n) is 20.3. The van der Waals surface area contributed by atoms with E-state index in [1.807, 2.05) is 12.1 Å². The van der Waals surface area contributed by atoms with Gasteiger partial charge in [0.15, 0.2) is 5.13 Å². The molecule has 4 amide bonds. The van der Waals surface area contributed by atoms with Crippen LogP contribution in [0.15, 0.2) is 42.5 Å². The SMILES string of the molecule is CC(C)(C)OC(=O)Nc1nc2cc(N(CCN3CCCC3=O)C(=O)Nc3ccc(Cl)cc3)ccc2s1. The number of urea groups is 1. The first kappa shape index (κ1) is 25.7. The minimum atomic E-state index is -0.622. The zero-order chi connectivity index (χ0) is 25.9. The summed E-state index contributed by atoms with van der Waals surface area (Å²) in [4.78, 5) is 45.4. The highest BCUT2D eigenvalue weighted by molar-refractivity contribution is 7.22. The van der Waals surface area contributed by atoms with Crippen molar-refractivity contribution < 1.29 is 19.1 Å². The molecular weight excluding hydrogens is 502 g/mol. The first-order chi connectivity index (χ1) is 17.1. The molecule has 2 aromatic carbocycles. The van der Waals surface area contributed by atoms with Gasteiger partial charge in [-0.15, -0.1) is 0 Å². The van der Waals surface area contributed by atoms with E-state index in [-0.39, 0.29) is 11.9 Å². The van der Waals surface area contributed by atoms with E-state index in [1.165, 1.54) is 11.3 Å². The minimum absolute atomic E-state index is 0.0980. The van der Waals surface area contributed by atoms with Gasteiger partial charge in [0.2, 0.25) is 5.91 Å². The second-order valence-corrected chi connectivity index (χ2v) is 10.8. The number of aromatic nitrogens is 1. The fourth-order valence-corrected chi connectivity index (χ4v) is 4.72. The van der Waals surface area contributed by atoms with Gasteiger partial charge in [-0.1, -0.05) is 22.9 Å². The van der Waals surface area contributed by atoms with E-state index in [9.17, 15) is 14.4 Å². The lowest BCUT2D eigenvalue weighted by atomic mass is 10.2. The van der Waals surface area contributed by atoms with Crippen LogP contribution in [0.25, 0.3) is 10.2 Å². The van der Waals surface area contributed by atoms with Gasteiger partial charge in [0.1, 0.15) is 5.60 Å². The highest BCUT2D eigenvalue weighted by Crippen LogP contribution is 2.30. The van der Waals surface area contributed by atoms with Crippen LogP contribution in [0.3, 0.4) is 0 Å². The molecule has 4 rings (SSSR count). The summed E-state index contributed by atoms with van der Waals surface area (Å²) in [6.45, 7) is 6.79. The van der Waals surface area contributed by atoms with Crippen LogP contribution in [0, 0.1) is 0 Å². The predicted molar refractivity (Wildman–Crippen MR) is 143 cm³/mol. The number of benzene rings is 2. The van der Waals surface area contributed by atoms with Crippen LogP contribution in [0.4, 0.5) is 26.1 Å². The molecule has 1 aliphatic rings. The summed E-state index contributed by atoms with van der Waals surface area (Å²) in [6, 6.07) is 12.0. The number of nitrogens with one attached hydrogen (secondary N) is 2. The summed E-state index contributed by atoms with van der Waals surface area (Å²) in [7, 11) is 0. The molecule has 9 nitrogen and oxygen atoms in total. The van der Waals surface area contributed by atoms with E-state index in [4.69, 9.17) is 16.3 Å². The van der Waals surface area contributed by atoms with Gasteiger partial charge in [-0.05, 0) is 69.7 Å². The Morgan fingerprint density at radius 3 is 2.58 bits per heavy atom. The first-order valence-electron chi connectivity index (χ1n) is 11.6. The molecule has 0 atom stereocenters. The smallest absolute Gasteiger partial charge is 0.413 e. The molecule has 0 saturated carbocycles. The molecule has 2 N–H and O–H groups in total. The fourth-order valence-electron chi connectivity index (χ4n) is 3.76. The van der Waals surface area contributed by atoms with Crippen LogP contribution < -0.4 is 15.5 Å². The highest BCUT2D eigenvalue weighted by atomic mass is 35.5. The van der Waals surface area contributed by atoms with Crippen molar-refractivity contribution in [2.75, 3.05) is 35.2 Å². The number of carbonyl (C=O) groups is 3. The number of halogens is 1. The lowest BCUT2D eigenvalue weighted by molar-refractivity contribution is -0.127. The molecule has 0 radical (unpaired) electrons. The van der Waals surface area contributed by atoms with Crippen molar-refractivity contribution in [3.63, 3.8) is 0 Å². The Bertz CT molecular complexity index is 1270. The molecule has 190 valence electrons. The Labute approximate surface area is 218 Å². The van der Waals surface area contributed by atoms with Crippen LogP contribution in [-0.2, 0) is 9.53 Å². The number of amides is 4. The number of likely N-dealkylation sites (tertiary alicyclic amines) is 1. The van der Waals surface area contributed by atoms with E-state index in [0.29, 0.717) is 53.1 Å². The van der Waals surface area contributed by atoms with Crippen LogP contribution in [0.1, 0.15) is 33.6 Å². The van der Waals surface area contributed by atoms with Crippen molar-refractivity contribution >= 4 is 67.7 Å². The number of fused-ring (bicyclic) bond motifs is 1. The molecule has 1 aromatic heterocycles. The van der Waals surface area contributed by atoms with Crippen molar-refractivity contribution in [2.45, 2.75) is 39.2 Å². The third kappa shape index (κ3) is 6.64. The lowest BCUT2D eigenvalue weighted by Gasteiger charge is -2.26. The van der Waals surface area contributed by atoms with E-state index in [1.54, 1.807) is 60.9 Å². The summed E-state index contributed by atoms with van der Waals surface area (Å²) in [5, 5.41) is 6.52. The van der Waals surface area contributed by atoms with Gasteiger partial charge < -0.3 is 15.0 Å². The normalized spacial score (nSPS) is 13.7. The first-order valence-corrected chi connectivity index (χ1v) is 12.8. The largest absolute Gasteiger partial charge is 0.444 e.